The molecule has 2 nitrogen and oxygen atoms in total. The lowest BCUT2D eigenvalue weighted by Gasteiger charge is -2.30. The third-order valence-corrected chi connectivity index (χ3v) is 5.25. The molecule has 0 unspecified atom stereocenters. The van der Waals surface area contributed by atoms with Crippen molar-refractivity contribution in [2.45, 2.75) is 38.5 Å². The zero-order chi connectivity index (χ0) is 14.8. The molecule has 116 valence electrons. The molecule has 0 amide bonds. The summed E-state index contributed by atoms with van der Waals surface area (Å²) in [5.74, 6) is 0. The topological polar surface area (TPSA) is 6.48 Å². The van der Waals surface area contributed by atoms with Crippen molar-refractivity contribution in [1.82, 2.24) is 0 Å². The van der Waals surface area contributed by atoms with Crippen LogP contribution in [0.3, 0.4) is 0 Å². The third-order valence-electron chi connectivity index (χ3n) is 5.25. The van der Waals surface area contributed by atoms with Crippen LogP contribution in [0.2, 0.25) is 0 Å². The van der Waals surface area contributed by atoms with Gasteiger partial charge in [0.15, 0.2) is 0 Å². The molecule has 2 aromatic carbocycles. The third kappa shape index (κ3) is 2.79. The van der Waals surface area contributed by atoms with Crippen molar-refractivity contribution in [3.05, 3.63) is 36.4 Å². The van der Waals surface area contributed by atoms with E-state index in [1.54, 1.807) is 0 Å². The lowest BCUT2D eigenvalue weighted by Crippen LogP contribution is -2.29. The number of piperidine rings is 2. The fraction of sp³-hybridized carbons (Fsp3) is 0.500. The summed E-state index contributed by atoms with van der Waals surface area (Å²) in [4.78, 5) is 5.09. The van der Waals surface area contributed by atoms with Crippen LogP contribution in [0, 0.1) is 0 Å². The molecule has 22 heavy (non-hydrogen) atoms. The molecule has 0 spiro atoms. The summed E-state index contributed by atoms with van der Waals surface area (Å²) >= 11 is 0. The van der Waals surface area contributed by atoms with Crippen LogP contribution in [0.5, 0.6) is 0 Å². The van der Waals surface area contributed by atoms with E-state index in [1.807, 2.05) is 0 Å². The zero-order valence-electron chi connectivity index (χ0n) is 13.4. The summed E-state index contributed by atoms with van der Waals surface area (Å²) < 4.78 is 0. The van der Waals surface area contributed by atoms with Crippen LogP contribution in [0.1, 0.15) is 38.5 Å². The number of hydrogen-bond donors (Lipinski definition) is 0. The van der Waals surface area contributed by atoms with Gasteiger partial charge in [-0.3, -0.25) is 0 Å². The molecule has 2 aliphatic rings. The van der Waals surface area contributed by atoms with Crippen LogP contribution in [-0.4, -0.2) is 26.2 Å². The highest BCUT2D eigenvalue weighted by atomic mass is 15.1. The molecule has 2 aromatic rings. The maximum atomic E-state index is 2.54. The van der Waals surface area contributed by atoms with E-state index >= 15 is 0 Å². The number of rotatable bonds is 2. The minimum atomic E-state index is 1.22. The van der Waals surface area contributed by atoms with E-state index in [0.29, 0.717) is 0 Å². The van der Waals surface area contributed by atoms with Crippen LogP contribution in [-0.2, 0) is 0 Å². The van der Waals surface area contributed by atoms with Gasteiger partial charge in [0.2, 0.25) is 0 Å². The van der Waals surface area contributed by atoms with Crippen molar-refractivity contribution in [2.24, 2.45) is 0 Å². The molecule has 0 saturated carbocycles. The SMILES string of the molecule is c1cc2cc(N3CCCCC3)ccc2cc1N1CCCCC1. The van der Waals surface area contributed by atoms with Crippen molar-refractivity contribution in [3.8, 4) is 0 Å². The molecule has 2 saturated heterocycles. The fourth-order valence-corrected chi connectivity index (χ4v) is 3.92. The monoisotopic (exact) mass is 294 g/mol. The van der Waals surface area contributed by atoms with E-state index in [1.165, 1.54) is 86.9 Å². The number of nitrogens with zero attached hydrogens (tertiary/aromatic N) is 2. The number of hydrogen-bond acceptors (Lipinski definition) is 2. The molecule has 0 atom stereocenters. The van der Waals surface area contributed by atoms with Crippen LogP contribution in [0.25, 0.3) is 10.8 Å². The number of benzene rings is 2. The number of fused-ring (bicyclic) bond motifs is 1. The van der Waals surface area contributed by atoms with Gasteiger partial charge in [0.05, 0.1) is 0 Å². The van der Waals surface area contributed by atoms with E-state index in [2.05, 4.69) is 46.2 Å². The predicted octanol–water partition coefficient (Wildman–Crippen LogP) is 4.82. The van der Waals surface area contributed by atoms with E-state index in [0.717, 1.165) is 0 Å². The van der Waals surface area contributed by atoms with Gasteiger partial charge in [0.25, 0.3) is 0 Å². The van der Waals surface area contributed by atoms with Crippen LogP contribution < -0.4 is 9.80 Å². The standard InChI is InChI=1S/C20H26N2/c1-3-11-21(12-4-1)19-9-7-18-16-20(10-8-17(18)15-19)22-13-5-2-6-14-22/h7-10,15-16H,1-6,11-14H2. The molecular formula is C20H26N2. The van der Waals surface area contributed by atoms with E-state index in [4.69, 9.17) is 0 Å². The average molecular weight is 294 g/mol. The molecule has 2 heteroatoms. The van der Waals surface area contributed by atoms with Crippen molar-refractivity contribution in [2.75, 3.05) is 36.0 Å². The van der Waals surface area contributed by atoms with Gasteiger partial charge < -0.3 is 9.80 Å². The van der Waals surface area contributed by atoms with Gasteiger partial charge in [-0.1, -0.05) is 12.1 Å². The quantitative estimate of drug-likeness (QED) is 0.783. The second-order valence-electron chi connectivity index (χ2n) is 6.81. The van der Waals surface area contributed by atoms with Gasteiger partial charge in [0.1, 0.15) is 0 Å². The Labute approximate surface area is 133 Å². The molecule has 2 heterocycles. The molecule has 0 radical (unpaired) electrons. The van der Waals surface area contributed by atoms with Gasteiger partial charge >= 0.3 is 0 Å². The van der Waals surface area contributed by atoms with Gasteiger partial charge in [0, 0.05) is 37.6 Å². The molecule has 2 fully saturated rings. The Morgan fingerprint density at radius 3 is 1.32 bits per heavy atom. The normalized spacial score (nSPS) is 19.6. The fourth-order valence-electron chi connectivity index (χ4n) is 3.92. The first-order valence-electron chi connectivity index (χ1n) is 8.94. The average Bonchev–Trinajstić information content (AvgIpc) is 2.62. The first kappa shape index (κ1) is 13.9. The van der Waals surface area contributed by atoms with Crippen molar-refractivity contribution in [1.29, 1.82) is 0 Å². The van der Waals surface area contributed by atoms with Crippen LogP contribution in [0.15, 0.2) is 36.4 Å². The lowest BCUT2D eigenvalue weighted by molar-refractivity contribution is 0.578. The summed E-state index contributed by atoms with van der Waals surface area (Å²) in [7, 11) is 0. The Hall–Kier alpha value is -1.70. The summed E-state index contributed by atoms with van der Waals surface area (Å²) in [6.45, 7) is 4.88. The summed E-state index contributed by atoms with van der Waals surface area (Å²) in [6.07, 6.45) is 8.14. The highest BCUT2D eigenvalue weighted by molar-refractivity contribution is 5.88. The van der Waals surface area contributed by atoms with Crippen LogP contribution in [0.4, 0.5) is 11.4 Å². The molecule has 0 aromatic heterocycles. The first-order chi connectivity index (χ1) is 10.9. The summed E-state index contributed by atoms with van der Waals surface area (Å²) in [5.41, 5.74) is 2.80. The molecular weight excluding hydrogens is 268 g/mol. The summed E-state index contributed by atoms with van der Waals surface area (Å²) in [5, 5.41) is 2.76. The molecule has 2 aliphatic heterocycles. The van der Waals surface area contributed by atoms with E-state index in [-0.39, 0.29) is 0 Å². The maximum absolute atomic E-state index is 2.54. The van der Waals surface area contributed by atoms with Crippen molar-refractivity contribution < 1.29 is 0 Å². The predicted molar refractivity (Wildman–Crippen MR) is 96.1 cm³/mol. The largest absolute Gasteiger partial charge is 0.372 e. The smallest absolute Gasteiger partial charge is 0.0372 e. The molecule has 4 rings (SSSR count). The second kappa shape index (κ2) is 6.20. The van der Waals surface area contributed by atoms with Crippen molar-refractivity contribution in [3.63, 3.8) is 0 Å². The zero-order valence-corrected chi connectivity index (χ0v) is 13.4. The highest BCUT2D eigenvalue weighted by Gasteiger charge is 2.13. The minimum Gasteiger partial charge on any atom is -0.372 e. The second-order valence-corrected chi connectivity index (χ2v) is 6.81. The summed E-state index contributed by atoms with van der Waals surface area (Å²) in [6, 6.07) is 14.0. The maximum Gasteiger partial charge on any atom is 0.0372 e. The lowest BCUT2D eigenvalue weighted by atomic mass is 10.0. The van der Waals surface area contributed by atoms with Gasteiger partial charge in [-0.15, -0.1) is 0 Å². The van der Waals surface area contributed by atoms with Crippen LogP contribution >= 0.6 is 0 Å². The first-order valence-corrected chi connectivity index (χ1v) is 8.94. The van der Waals surface area contributed by atoms with E-state index < -0.39 is 0 Å². The number of anilines is 2. The Morgan fingerprint density at radius 1 is 0.500 bits per heavy atom. The minimum absolute atomic E-state index is 1.22. The van der Waals surface area contributed by atoms with Gasteiger partial charge in [-0.25, -0.2) is 0 Å². The molecule has 0 bridgehead atoms. The Bertz CT molecular complexity index is 580. The molecule has 0 N–H and O–H groups in total. The Morgan fingerprint density at radius 2 is 0.909 bits per heavy atom. The van der Waals surface area contributed by atoms with E-state index in [9.17, 15) is 0 Å². The Balaban J connectivity index is 1.61. The van der Waals surface area contributed by atoms with Gasteiger partial charge in [-0.2, -0.15) is 0 Å². The molecule has 0 aliphatic carbocycles. The van der Waals surface area contributed by atoms with Gasteiger partial charge in [-0.05, 0) is 73.6 Å². The Kier molecular flexibility index (Phi) is 3.92. The highest BCUT2D eigenvalue weighted by Crippen LogP contribution is 2.29. The van der Waals surface area contributed by atoms with Crippen molar-refractivity contribution >= 4 is 22.1 Å².